The van der Waals surface area contributed by atoms with E-state index in [1.807, 2.05) is 0 Å². The average molecular weight is 1430 g/mol. The van der Waals surface area contributed by atoms with E-state index in [1.54, 1.807) is 12.5 Å². The molecular formula is C64H76N11O23S2+. The molecule has 2 heterocycles. The Morgan fingerprint density at radius 3 is 1.68 bits per heavy atom. The highest BCUT2D eigenvalue weighted by Gasteiger charge is 2.42. The molecule has 3 aromatic carbocycles. The molecule has 11 amide bonds. The van der Waals surface area contributed by atoms with Crippen LogP contribution in [0.1, 0.15) is 77.6 Å². The van der Waals surface area contributed by atoms with Crippen LogP contribution in [-0.2, 0) is 64.0 Å². The van der Waals surface area contributed by atoms with Crippen LogP contribution in [0.3, 0.4) is 0 Å². The number of aliphatic hydroxyl groups excluding tert-OH is 2. The van der Waals surface area contributed by atoms with Crippen LogP contribution in [0.5, 0.6) is 11.5 Å². The molecule has 0 saturated carbocycles. The Hall–Kier alpha value is -10.7. The first kappa shape index (κ1) is 78.3. The van der Waals surface area contributed by atoms with E-state index in [9.17, 15) is 108 Å². The van der Waals surface area contributed by atoms with Gasteiger partial charge >= 0.3 is 23.8 Å². The predicted molar refractivity (Wildman–Crippen MR) is 355 cm³/mol. The van der Waals surface area contributed by atoms with Crippen molar-refractivity contribution < 1.29 is 113 Å². The van der Waals surface area contributed by atoms with Gasteiger partial charge in [-0.1, -0.05) is 18.2 Å². The predicted octanol–water partition coefficient (Wildman–Crippen LogP) is -3.13. The Labute approximate surface area is 576 Å². The van der Waals surface area contributed by atoms with Crippen molar-refractivity contribution in [3.05, 3.63) is 106 Å². The van der Waals surface area contributed by atoms with Gasteiger partial charge in [0, 0.05) is 53.6 Å². The quantitative estimate of drug-likeness (QED) is 0.0175. The van der Waals surface area contributed by atoms with Crippen LogP contribution < -0.4 is 59.4 Å². The number of aliphatic carboxylic acids is 2. The number of rotatable bonds is 37. The van der Waals surface area contributed by atoms with Gasteiger partial charge < -0.3 is 93.3 Å². The fourth-order valence-electron chi connectivity index (χ4n) is 10.7. The van der Waals surface area contributed by atoms with Crippen molar-refractivity contribution in [2.75, 3.05) is 43.8 Å². The lowest BCUT2D eigenvalue weighted by molar-refractivity contribution is -0.308. The van der Waals surface area contributed by atoms with Gasteiger partial charge in [0.25, 0.3) is 5.91 Å². The maximum atomic E-state index is 14.4. The normalized spacial score (nSPS) is 15.1. The Balaban J connectivity index is 1.13. The van der Waals surface area contributed by atoms with Crippen LogP contribution in [0.2, 0.25) is 0 Å². The molecule has 1 aliphatic carbocycles. The minimum atomic E-state index is -1.91. The van der Waals surface area contributed by atoms with Gasteiger partial charge in [-0.2, -0.15) is 23.5 Å². The highest BCUT2D eigenvalue weighted by atomic mass is 32.2. The summed E-state index contributed by atoms with van der Waals surface area (Å²) in [4.78, 5) is 200. The number of hydrogen-bond donors (Lipinski definition) is 17. The number of likely N-dealkylation sites (tertiary alicyclic amines) is 1. The summed E-state index contributed by atoms with van der Waals surface area (Å²) in [6.07, 6.45) is -0.366. The third-order valence-corrected chi connectivity index (χ3v) is 17.1. The van der Waals surface area contributed by atoms with E-state index in [4.69, 9.17) is 10.2 Å². The van der Waals surface area contributed by atoms with Gasteiger partial charge in [0.2, 0.25) is 53.2 Å². The van der Waals surface area contributed by atoms with Gasteiger partial charge in [-0.15, -0.1) is 0 Å². The SMILES string of the molecule is CSCCC(NC(=O)c1ccc(-c2c3ccc(=O)cc-3oc3cc(O)ccc23)c(C(=O)O)c1)C(=O)NC(CO)C(=O)NC(CO)C(=O)NC(CCSC)C(=O)NC(CC(N)=O)C(=O)N1CCCC1C(=O)NC(CCC(=O)O)C(=O)NC(Cc1ccc(O)cc1)C(=O)NC(CC(=O)O)C([NH3+])=O. The fourth-order valence-corrected chi connectivity index (χ4v) is 11.7. The number of nitrogens with zero attached hydrogens (tertiary/aromatic N) is 1. The molecule has 1 saturated heterocycles. The summed E-state index contributed by atoms with van der Waals surface area (Å²) < 4.78 is 5.88. The maximum Gasteiger partial charge on any atom is 0.336 e. The van der Waals surface area contributed by atoms with Gasteiger partial charge in [0.1, 0.15) is 71.2 Å². The van der Waals surface area contributed by atoms with Crippen molar-refractivity contribution in [3.8, 4) is 33.9 Å². The Bertz CT molecular complexity index is 3950. The Kier molecular flexibility index (Phi) is 28.8. The molecular weight excluding hydrogens is 1350 g/mol. The van der Waals surface area contributed by atoms with Gasteiger partial charge in [-0.3, -0.25) is 68.1 Å². The molecule has 36 heteroatoms. The minimum absolute atomic E-state index is 0.0725. The first-order chi connectivity index (χ1) is 47.5. The zero-order valence-electron chi connectivity index (χ0n) is 53.8. The number of aliphatic hydroxyl groups is 2. The molecule has 9 atom stereocenters. The van der Waals surface area contributed by atoms with Crippen molar-refractivity contribution in [1.82, 2.24) is 47.4 Å². The van der Waals surface area contributed by atoms with Crippen LogP contribution in [0.15, 0.2) is 88.1 Å². The third kappa shape index (κ3) is 21.7. The summed E-state index contributed by atoms with van der Waals surface area (Å²) in [6.45, 7) is -2.45. The van der Waals surface area contributed by atoms with E-state index in [0.717, 1.165) is 11.0 Å². The van der Waals surface area contributed by atoms with Gasteiger partial charge in [-0.25, -0.2) is 9.59 Å². The third-order valence-electron chi connectivity index (χ3n) is 15.8. The lowest BCUT2D eigenvalue weighted by Crippen LogP contribution is -2.67. The number of nitrogens with one attached hydrogen (secondary N) is 8. The Morgan fingerprint density at radius 2 is 1.12 bits per heavy atom. The second-order valence-corrected chi connectivity index (χ2v) is 25.0. The highest BCUT2D eigenvalue weighted by molar-refractivity contribution is 7.98. The summed E-state index contributed by atoms with van der Waals surface area (Å²) in [7, 11) is 0. The second-order valence-electron chi connectivity index (χ2n) is 23.0. The van der Waals surface area contributed by atoms with Gasteiger partial charge in [0.15, 0.2) is 11.5 Å². The van der Waals surface area contributed by atoms with E-state index in [0.29, 0.717) is 22.1 Å². The number of nitrogens with two attached hydrogens (primary N) is 1. The molecule has 0 aromatic heterocycles. The van der Waals surface area contributed by atoms with Crippen LogP contribution in [0, 0.1) is 0 Å². The largest absolute Gasteiger partial charge is 0.508 e. The zero-order valence-corrected chi connectivity index (χ0v) is 55.4. The maximum absolute atomic E-state index is 14.4. The molecule has 1 fully saturated rings. The first-order valence-electron chi connectivity index (χ1n) is 30.8. The van der Waals surface area contributed by atoms with Crippen LogP contribution in [-0.4, -0.2) is 222 Å². The first-order valence-corrected chi connectivity index (χ1v) is 33.6. The number of carboxylic acid groups (broad SMARTS) is 3. The number of benzene rings is 4. The number of aromatic carboxylic acids is 1. The molecule has 3 aromatic rings. The van der Waals surface area contributed by atoms with Crippen LogP contribution >= 0.6 is 23.5 Å². The zero-order chi connectivity index (χ0) is 73.7. The summed E-state index contributed by atoms with van der Waals surface area (Å²) >= 11 is 2.47. The van der Waals surface area contributed by atoms with E-state index in [1.165, 1.54) is 96.3 Å². The number of quaternary nitrogens is 1. The summed E-state index contributed by atoms with van der Waals surface area (Å²) in [6, 6.07) is 1.79. The number of amides is 11. The summed E-state index contributed by atoms with van der Waals surface area (Å²) in [5.74, 6) is -16.3. The summed E-state index contributed by atoms with van der Waals surface area (Å²) in [5.41, 5.74) is 8.81. The molecule has 9 unspecified atom stereocenters. The molecule has 34 nitrogen and oxygen atoms in total. The number of thioether (sulfide) groups is 2. The molecule has 3 aliphatic rings. The lowest BCUT2D eigenvalue weighted by Gasteiger charge is -2.31. The fraction of sp³-hybridized carbons (Fsp3) is 0.391. The standard InChI is InChI=1S/C64H75N11O23S2/c1-99-20-17-40(67-55(87)31-7-12-35(38(23-31)64(96)97)53-36-13-10-33(79)24-48(36)98-49-25-34(80)11-14-37(49)53)58(90)73-46(29-77)61(93)74-45(28-76)60(92)68-41(18-21-100-2)57(89)72-44(26-50(65)81)63(95)75-19-3-4-47(75)62(94)69-39(15-16-51(82)83)56(88)71-43(22-30-5-8-32(78)9-6-30)59(91)70-42(54(66)86)27-52(84)85/h5-14,23-25,39-47,76-79H,3-4,15-22,26-29H2,1-2H3,(H2,65,81)(H2,66,86)(H,67,87)(H,68,92)(H,69,94)(H,70,91)(H,71,88)(H,72,89)(H,73,90)(H,74,93)(H,82,83)(H,84,85)(H,96,97)/p+1. The number of hydrogen-bond acceptors (Lipinski definition) is 22. The molecule has 0 radical (unpaired) electrons. The molecule has 6 rings (SSSR count). The number of phenols is 2. The number of fused-ring (bicyclic) bond motifs is 2. The molecule has 0 bridgehead atoms. The molecule has 2 aliphatic heterocycles. The van der Waals surface area contributed by atoms with Crippen molar-refractivity contribution >= 4 is 117 Å². The molecule has 536 valence electrons. The van der Waals surface area contributed by atoms with Gasteiger partial charge in [-0.05, 0) is 116 Å². The lowest BCUT2D eigenvalue weighted by atomic mass is 9.89. The number of carbonyl (C=O) groups excluding carboxylic acids is 11. The summed E-state index contributed by atoms with van der Waals surface area (Å²) in [5, 5.41) is 89.4. The van der Waals surface area contributed by atoms with E-state index >= 15 is 0 Å². The average Bonchev–Trinajstić information content (AvgIpc) is 0.847. The number of phenolic OH excluding ortho intramolecular Hbond substituents is 2. The Morgan fingerprint density at radius 1 is 0.590 bits per heavy atom. The van der Waals surface area contributed by atoms with Crippen molar-refractivity contribution in [2.45, 2.75) is 112 Å². The van der Waals surface area contributed by atoms with Crippen molar-refractivity contribution in [2.24, 2.45) is 5.73 Å². The van der Waals surface area contributed by atoms with E-state index in [-0.39, 0.29) is 89.7 Å². The van der Waals surface area contributed by atoms with E-state index < -0.39 is 182 Å². The monoisotopic (exact) mass is 1430 g/mol. The molecule has 0 spiro atoms. The van der Waals surface area contributed by atoms with Crippen molar-refractivity contribution in [3.63, 3.8) is 0 Å². The molecule has 100 heavy (non-hydrogen) atoms. The number of carboxylic acids is 3. The number of carbonyl (C=O) groups is 14. The van der Waals surface area contributed by atoms with Crippen molar-refractivity contribution in [1.29, 1.82) is 0 Å². The van der Waals surface area contributed by atoms with Crippen LogP contribution in [0.25, 0.3) is 33.4 Å². The second kappa shape index (κ2) is 36.8. The number of primary amides is 1. The van der Waals surface area contributed by atoms with Gasteiger partial charge in [0.05, 0.1) is 31.6 Å². The minimum Gasteiger partial charge on any atom is -0.508 e. The van der Waals surface area contributed by atoms with E-state index in [2.05, 4.69) is 48.3 Å². The molecule has 20 N–H and O–H groups in total. The number of aromatic hydroxyl groups is 2. The smallest absolute Gasteiger partial charge is 0.336 e. The highest BCUT2D eigenvalue weighted by Crippen LogP contribution is 2.42. The topological polar surface area (TPSA) is 564 Å². The van der Waals surface area contributed by atoms with Crippen LogP contribution in [0.4, 0.5) is 0 Å².